The number of aliphatic imine (C=N–C) groups is 1. The van der Waals surface area contributed by atoms with Crippen LogP contribution in [0.4, 0.5) is 0 Å². The van der Waals surface area contributed by atoms with Crippen molar-refractivity contribution in [2.24, 2.45) is 16.0 Å². The fraction of sp³-hybridized carbons (Fsp3) is 0.368. The van der Waals surface area contributed by atoms with E-state index < -0.39 is 0 Å². The molecule has 1 aromatic heterocycles. The lowest BCUT2D eigenvalue weighted by Gasteiger charge is -2.20. The second kappa shape index (κ2) is 12.0. The predicted molar refractivity (Wildman–Crippen MR) is 113 cm³/mol. The first-order valence-corrected chi connectivity index (χ1v) is 9.16. The molecule has 0 unspecified atom stereocenters. The summed E-state index contributed by atoms with van der Waals surface area (Å²) in [5, 5.41) is 9.33. The second-order valence-electron chi connectivity index (χ2n) is 5.80. The van der Waals surface area contributed by atoms with E-state index in [2.05, 4.69) is 42.9 Å². The number of aromatic nitrogens is 1. The van der Waals surface area contributed by atoms with E-state index in [1.807, 2.05) is 32.2 Å². The number of rotatable bonds is 10. The van der Waals surface area contributed by atoms with Gasteiger partial charge in [-0.1, -0.05) is 19.6 Å². The van der Waals surface area contributed by atoms with Crippen molar-refractivity contribution in [3.05, 3.63) is 53.0 Å². The molecule has 0 radical (unpaired) electrons. The molecule has 1 rings (SSSR count). The maximum Gasteiger partial charge on any atom is 0.308 e. The number of carbonyl (C=O) groups is 1. The third kappa shape index (κ3) is 8.63. The Morgan fingerprint density at radius 1 is 1.56 bits per heavy atom. The van der Waals surface area contributed by atoms with Crippen molar-refractivity contribution in [1.82, 2.24) is 15.3 Å². The SMILES string of the molecule is C=C(Br)/C=N\N(C)/C(=C\C(C[C@@H](C)C(=O)OC)=N/C)NCc1cccnc1. The van der Waals surface area contributed by atoms with E-state index in [9.17, 15) is 4.79 Å². The van der Waals surface area contributed by atoms with Gasteiger partial charge in [-0.25, -0.2) is 0 Å². The number of esters is 1. The zero-order chi connectivity index (χ0) is 20.2. The fourth-order valence-corrected chi connectivity index (χ4v) is 2.23. The number of methoxy groups -OCH3 is 1. The smallest absolute Gasteiger partial charge is 0.308 e. The van der Waals surface area contributed by atoms with Gasteiger partial charge in [-0.2, -0.15) is 5.10 Å². The van der Waals surface area contributed by atoms with Crippen LogP contribution in [0.5, 0.6) is 0 Å². The average molecular weight is 436 g/mol. The molecule has 0 fully saturated rings. The number of ether oxygens (including phenoxy) is 1. The van der Waals surface area contributed by atoms with Gasteiger partial charge in [0.2, 0.25) is 0 Å². The number of nitrogens with zero attached hydrogens (tertiary/aromatic N) is 4. The molecule has 0 aliphatic carbocycles. The molecule has 0 spiro atoms. The lowest BCUT2D eigenvalue weighted by atomic mass is 10.0. The molecule has 8 heteroatoms. The van der Waals surface area contributed by atoms with Crippen LogP contribution < -0.4 is 5.32 Å². The van der Waals surface area contributed by atoms with Gasteiger partial charge >= 0.3 is 5.97 Å². The number of allylic oxidation sites excluding steroid dienone is 2. The molecule has 1 heterocycles. The summed E-state index contributed by atoms with van der Waals surface area (Å²) in [5.74, 6) is 0.165. The highest BCUT2D eigenvalue weighted by atomic mass is 79.9. The van der Waals surface area contributed by atoms with E-state index >= 15 is 0 Å². The molecule has 0 aliphatic rings. The predicted octanol–water partition coefficient (Wildman–Crippen LogP) is 3.11. The number of halogens is 1. The van der Waals surface area contributed by atoms with Crippen LogP contribution in [0.1, 0.15) is 18.9 Å². The van der Waals surface area contributed by atoms with Crippen molar-refractivity contribution in [2.75, 3.05) is 21.2 Å². The van der Waals surface area contributed by atoms with Gasteiger partial charge in [-0.15, -0.1) is 0 Å². The molecule has 1 aromatic rings. The number of nitrogens with one attached hydrogen (secondary N) is 1. The Hall–Kier alpha value is -2.48. The van der Waals surface area contributed by atoms with E-state index in [0.29, 0.717) is 17.4 Å². The van der Waals surface area contributed by atoms with Crippen LogP contribution >= 0.6 is 15.9 Å². The highest BCUT2D eigenvalue weighted by Gasteiger charge is 2.16. The van der Waals surface area contributed by atoms with Crippen molar-refractivity contribution in [3.8, 4) is 0 Å². The van der Waals surface area contributed by atoms with Crippen molar-refractivity contribution in [2.45, 2.75) is 19.9 Å². The summed E-state index contributed by atoms with van der Waals surface area (Å²) in [6.45, 7) is 6.12. The lowest BCUT2D eigenvalue weighted by molar-refractivity contribution is -0.144. The summed E-state index contributed by atoms with van der Waals surface area (Å²) >= 11 is 3.26. The van der Waals surface area contributed by atoms with Crippen LogP contribution in [-0.2, 0) is 16.1 Å². The van der Waals surface area contributed by atoms with Gasteiger partial charge in [0, 0.05) is 55.7 Å². The molecule has 1 atom stereocenters. The van der Waals surface area contributed by atoms with Crippen LogP contribution in [-0.4, -0.2) is 49.1 Å². The standard InChI is InChI=1S/C19H26BrN5O2/c1-14(19(26)27-5)9-17(21-3)10-18(25(4)24-11-15(2)20)23-13-16-7-6-8-22-12-16/h6-8,10-12,14,23H,2,9,13H2,1,3-5H3/b18-10-,21-17-,24-11-/t14-/m1/s1. The molecular weight excluding hydrogens is 410 g/mol. The van der Waals surface area contributed by atoms with Crippen molar-refractivity contribution in [3.63, 3.8) is 0 Å². The summed E-state index contributed by atoms with van der Waals surface area (Å²) in [6, 6.07) is 3.86. The Bertz CT molecular complexity index is 716. The van der Waals surface area contributed by atoms with Crippen LogP contribution in [0.15, 0.2) is 57.6 Å². The number of hydrazone groups is 1. The molecule has 0 aromatic carbocycles. The molecule has 146 valence electrons. The highest BCUT2D eigenvalue weighted by molar-refractivity contribution is 9.12. The number of carbonyl (C=O) groups excluding carboxylic acids is 1. The summed E-state index contributed by atoms with van der Waals surface area (Å²) < 4.78 is 5.45. The minimum Gasteiger partial charge on any atom is -0.469 e. The van der Waals surface area contributed by atoms with Gasteiger partial charge in [0.1, 0.15) is 5.82 Å². The summed E-state index contributed by atoms with van der Waals surface area (Å²) in [5.41, 5.74) is 1.78. The van der Waals surface area contributed by atoms with Gasteiger partial charge in [-0.05, 0) is 27.6 Å². The Labute approximate surface area is 169 Å². The minimum atomic E-state index is -0.291. The maximum absolute atomic E-state index is 11.7. The maximum atomic E-state index is 11.7. The number of hydrogen-bond donors (Lipinski definition) is 1. The fourth-order valence-electron chi connectivity index (χ4n) is 2.14. The number of hydrogen-bond acceptors (Lipinski definition) is 7. The van der Waals surface area contributed by atoms with Gasteiger partial charge in [0.05, 0.1) is 19.2 Å². The topological polar surface area (TPSA) is 79.2 Å². The molecule has 0 bridgehead atoms. The van der Waals surface area contributed by atoms with E-state index in [0.717, 1.165) is 17.1 Å². The summed E-state index contributed by atoms with van der Waals surface area (Å²) in [7, 11) is 4.89. The van der Waals surface area contributed by atoms with Crippen molar-refractivity contribution in [1.29, 1.82) is 0 Å². The monoisotopic (exact) mass is 435 g/mol. The second-order valence-corrected chi connectivity index (χ2v) is 6.82. The van der Waals surface area contributed by atoms with Crippen LogP contribution in [0.25, 0.3) is 0 Å². The Kier molecular flexibility index (Phi) is 10.0. The van der Waals surface area contributed by atoms with E-state index in [1.54, 1.807) is 30.7 Å². The van der Waals surface area contributed by atoms with Crippen LogP contribution in [0.2, 0.25) is 0 Å². The number of pyridine rings is 1. The summed E-state index contributed by atoms with van der Waals surface area (Å²) in [6.07, 6.45) is 7.45. The molecule has 1 N–H and O–H groups in total. The van der Waals surface area contributed by atoms with Crippen molar-refractivity contribution >= 4 is 33.8 Å². The van der Waals surface area contributed by atoms with Gasteiger partial charge < -0.3 is 10.1 Å². The van der Waals surface area contributed by atoms with E-state index in [-0.39, 0.29) is 11.9 Å². The van der Waals surface area contributed by atoms with Crippen LogP contribution in [0.3, 0.4) is 0 Å². The first kappa shape index (κ1) is 22.6. The summed E-state index contributed by atoms with van der Waals surface area (Å²) in [4.78, 5) is 20.1. The quantitative estimate of drug-likeness (QED) is 0.347. The third-order valence-corrected chi connectivity index (χ3v) is 3.83. The first-order chi connectivity index (χ1) is 12.9. The molecule has 0 amide bonds. The Morgan fingerprint density at radius 3 is 2.85 bits per heavy atom. The Morgan fingerprint density at radius 2 is 2.30 bits per heavy atom. The Balaban J connectivity index is 3.00. The highest BCUT2D eigenvalue weighted by Crippen LogP contribution is 2.10. The molecule has 0 saturated carbocycles. The normalized spacial score (nSPS) is 13.4. The first-order valence-electron chi connectivity index (χ1n) is 8.37. The van der Waals surface area contributed by atoms with Gasteiger partial charge in [0.15, 0.2) is 0 Å². The molecular formula is C19H26BrN5O2. The van der Waals surface area contributed by atoms with Gasteiger partial charge in [0.25, 0.3) is 0 Å². The lowest BCUT2D eigenvalue weighted by Crippen LogP contribution is -2.26. The third-order valence-electron chi connectivity index (χ3n) is 3.63. The van der Waals surface area contributed by atoms with Crippen LogP contribution in [0, 0.1) is 5.92 Å². The van der Waals surface area contributed by atoms with Gasteiger partial charge in [-0.3, -0.25) is 19.8 Å². The molecule has 7 nitrogen and oxygen atoms in total. The molecule has 27 heavy (non-hydrogen) atoms. The van der Waals surface area contributed by atoms with Crippen molar-refractivity contribution < 1.29 is 9.53 Å². The molecule has 0 saturated heterocycles. The largest absolute Gasteiger partial charge is 0.469 e. The average Bonchev–Trinajstić information content (AvgIpc) is 2.68. The zero-order valence-corrected chi connectivity index (χ0v) is 17.7. The van der Waals surface area contributed by atoms with E-state index in [4.69, 9.17) is 4.74 Å². The minimum absolute atomic E-state index is 0.267. The molecule has 0 aliphatic heterocycles. The zero-order valence-electron chi connectivity index (χ0n) is 16.1. The van der Waals surface area contributed by atoms with E-state index in [1.165, 1.54) is 7.11 Å².